The topological polar surface area (TPSA) is 53.4 Å². The van der Waals surface area contributed by atoms with Crippen LogP contribution in [0, 0.1) is 5.41 Å². The number of nitrogens with zero attached hydrogens (tertiary/aromatic N) is 2. The molecule has 100 valence electrons. The number of thiazole rings is 1. The zero-order valence-electron chi connectivity index (χ0n) is 10.6. The number of carbonyl (C=O) groups is 1. The molecule has 0 spiro atoms. The van der Waals surface area contributed by atoms with Crippen LogP contribution < -0.4 is 4.90 Å². The summed E-state index contributed by atoms with van der Waals surface area (Å²) in [6.07, 6.45) is 3.43. The molecule has 2 heterocycles. The molecule has 2 rings (SSSR count). The fraction of sp³-hybridized carbons (Fsp3) is 0.667. The molecule has 0 aromatic carbocycles. The Bertz CT molecular complexity index is 457. The molecular formula is C12H17ClN2O2S. The summed E-state index contributed by atoms with van der Waals surface area (Å²) in [7, 11) is 0. The van der Waals surface area contributed by atoms with E-state index in [1.165, 1.54) is 11.3 Å². The Hall–Kier alpha value is -0.810. The van der Waals surface area contributed by atoms with Gasteiger partial charge in [0.1, 0.15) is 0 Å². The number of aromatic carboxylic acids is 1. The van der Waals surface area contributed by atoms with E-state index in [0.29, 0.717) is 5.41 Å². The summed E-state index contributed by atoms with van der Waals surface area (Å²) >= 11 is 7.02. The number of hydrogen-bond acceptors (Lipinski definition) is 4. The Balaban J connectivity index is 2.19. The minimum Gasteiger partial charge on any atom is -0.477 e. The maximum atomic E-state index is 11.0. The van der Waals surface area contributed by atoms with E-state index in [0.717, 1.165) is 37.5 Å². The highest BCUT2D eigenvalue weighted by atomic mass is 35.5. The van der Waals surface area contributed by atoms with E-state index in [1.807, 2.05) is 0 Å². The molecule has 0 unspecified atom stereocenters. The lowest BCUT2D eigenvalue weighted by atomic mass is 9.82. The van der Waals surface area contributed by atoms with Gasteiger partial charge in [0.05, 0.1) is 0 Å². The van der Waals surface area contributed by atoms with Crippen molar-refractivity contribution >= 4 is 34.0 Å². The van der Waals surface area contributed by atoms with Crippen molar-refractivity contribution in [3.8, 4) is 0 Å². The molecule has 1 aliphatic heterocycles. The zero-order valence-corrected chi connectivity index (χ0v) is 12.1. The number of rotatable bonds is 4. The number of halogens is 1. The Kier molecular flexibility index (Phi) is 3.82. The highest BCUT2D eigenvalue weighted by molar-refractivity contribution is 7.18. The van der Waals surface area contributed by atoms with Gasteiger partial charge in [0.25, 0.3) is 0 Å². The fourth-order valence-electron chi connectivity index (χ4n) is 2.48. The summed E-state index contributed by atoms with van der Waals surface area (Å²) in [5, 5.41) is 9.83. The molecule has 1 aliphatic rings. The van der Waals surface area contributed by atoms with Crippen molar-refractivity contribution in [2.45, 2.75) is 33.1 Å². The van der Waals surface area contributed by atoms with Crippen LogP contribution in [0.1, 0.15) is 42.8 Å². The summed E-state index contributed by atoms with van der Waals surface area (Å²) in [5.74, 6) is -1.000. The van der Waals surface area contributed by atoms with Crippen LogP contribution in [0.5, 0.6) is 0 Å². The van der Waals surface area contributed by atoms with E-state index in [9.17, 15) is 4.79 Å². The molecule has 0 radical (unpaired) electrons. The number of hydrogen-bond donors (Lipinski definition) is 1. The average Bonchev–Trinajstić information content (AvgIpc) is 2.93. The minimum atomic E-state index is -1.000. The van der Waals surface area contributed by atoms with E-state index in [4.69, 9.17) is 16.7 Å². The van der Waals surface area contributed by atoms with Crippen molar-refractivity contribution in [1.82, 2.24) is 4.98 Å². The lowest BCUT2D eigenvalue weighted by molar-refractivity contribution is 0.0702. The summed E-state index contributed by atoms with van der Waals surface area (Å²) in [6, 6.07) is 0. The molecule has 6 heteroatoms. The van der Waals surface area contributed by atoms with Crippen molar-refractivity contribution in [2.24, 2.45) is 5.41 Å². The highest BCUT2D eigenvalue weighted by Gasteiger charge is 2.36. The van der Waals surface area contributed by atoms with Crippen LogP contribution in [-0.2, 0) is 0 Å². The maximum absolute atomic E-state index is 11.0. The molecule has 1 aromatic rings. The summed E-state index contributed by atoms with van der Waals surface area (Å²) in [4.78, 5) is 17.4. The van der Waals surface area contributed by atoms with Gasteiger partial charge in [-0.15, -0.1) is 0 Å². The molecule has 1 saturated heterocycles. The molecule has 0 amide bonds. The van der Waals surface area contributed by atoms with E-state index in [1.54, 1.807) is 0 Å². The maximum Gasteiger partial charge on any atom is 0.349 e. The van der Waals surface area contributed by atoms with Crippen LogP contribution >= 0.6 is 22.9 Å². The fourth-order valence-corrected chi connectivity index (χ4v) is 3.63. The molecular weight excluding hydrogens is 272 g/mol. The van der Waals surface area contributed by atoms with Crippen molar-refractivity contribution in [2.75, 3.05) is 18.0 Å². The van der Waals surface area contributed by atoms with E-state index < -0.39 is 5.97 Å². The van der Waals surface area contributed by atoms with Crippen LogP contribution in [0.2, 0.25) is 5.15 Å². The van der Waals surface area contributed by atoms with Crippen molar-refractivity contribution in [1.29, 1.82) is 0 Å². The molecule has 1 aromatic heterocycles. The van der Waals surface area contributed by atoms with Crippen molar-refractivity contribution in [3.05, 3.63) is 10.0 Å². The van der Waals surface area contributed by atoms with Gasteiger partial charge in [-0.1, -0.05) is 36.8 Å². The zero-order chi connectivity index (χ0) is 13.3. The first-order valence-corrected chi connectivity index (χ1v) is 7.35. The third-order valence-electron chi connectivity index (χ3n) is 3.98. The van der Waals surface area contributed by atoms with Crippen LogP contribution in [-0.4, -0.2) is 29.1 Å². The van der Waals surface area contributed by atoms with Gasteiger partial charge in [0.15, 0.2) is 15.2 Å². The number of anilines is 1. The van der Waals surface area contributed by atoms with Crippen LogP contribution in [0.15, 0.2) is 0 Å². The number of carboxylic acid groups (broad SMARTS) is 1. The minimum absolute atomic E-state index is 0.105. The molecule has 4 nitrogen and oxygen atoms in total. The monoisotopic (exact) mass is 288 g/mol. The Morgan fingerprint density at radius 1 is 1.56 bits per heavy atom. The quantitative estimate of drug-likeness (QED) is 0.921. The van der Waals surface area contributed by atoms with Gasteiger partial charge in [0, 0.05) is 13.1 Å². The summed E-state index contributed by atoms with van der Waals surface area (Å²) in [5.41, 5.74) is 0.349. The van der Waals surface area contributed by atoms with Gasteiger partial charge in [-0.25, -0.2) is 9.78 Å². The van der Waals surface area contributed by atoms with Gasteiger partial charge in [-0.2, -0.15) is 0 Å². The van der Waals surface area contributed by atoms with Crippen LogP contribution in [0.3, 0.4) is 0 Å². The van der Waals surface area contributed by atoms with E-state index in [-0.39, 0.29) is 10.0 Å². The molecule has 1 N–H and O–H groups in total. The standard InChI is InChI=1S/C12H17ClN2O2S/c1-3-12(4-2)5-6-15(7-12)11-14-9(13)8(18-11)10(16)17/h3-7H2,1-2H3,(H,16,17). The van der Waals surface area contributed by atoms with Gasteiger partial charge in [-0.05, 0) is 24.7 Å². The van der Waals surface area contributed by atoms with Gasteiger partial charge in [0.2, 0.25) is 0 Å². The first kappa shape index (κ1) is 13.6. The van der Waals surface area contributed by atoms with Gasteiger partial charge < -0.3 is 10.0 Å². The predicted octanol–water partition coefficient (Wildman–Crippen LogP) is 3.51. The molecule has 0 atom stereocenters. The smallest absolute Gasteiger partial charge is 0.349 e. The molecule has 1 fully saturated rings. The lowest BCUT2D eigenvalue weighted by Gasteiger charge is -2.26. The summed E-state index contributed by atoms with van der Waals surface area (Å²) < 4.78 is 0. The summed E-state index contributed by atoms with van der Waals surface area (Å²) in [6.45, 7) is 6.31. The predicted molar refractivity (Wildman–Crippen MR) is 73.9 cm³/mol. The third-order valence-corrected chi connectivity index (χ3v) is 5.47. The average molecular weight is 289 g/mol. The van der Waals surface area contributed by atoms with Gasteiger partial charge >= 0.3 is 5.97 Å². The first-order chi connectivity index (χ1) is 8.51. The first-order valence-electron chi connectivity index (χ1n) is 6.16. The second-order valence-electron chi connectivity index (χ2n) is 4.80. The van der Waals surface area contributed by atoms with Crippen molar-refractivity contribution < 1.29 is 9.90 Å². The molecule has 0 bridgehead atoms. The SMILES string of the molecule is CCC1(CC)CCN(c2nc(Cl)c(C(=O)O)s2)C1. The van der Waals surface area contributed by atoms with Crippen LogP contribution in [0.4, 0.5) is 5.13 Å². The second kappa shape index (κ2) is 5.05. The lowest BCUT2D eigenvalue weighted by Crippen LogP contribution is -2.25. The molecule has 0 aliphatic carbocycles. The molecule has 0 saturated carbocycles. The van der Waals surface area contributed by atoms with Crippen LogP contribution in [0.25, 0.3) is 0 Å². The normalized spacial score (nSPS) is 18.3. The van der Waals surface area contributed by atoms with E-state index in [2.05, 4.69) is 23.7 Å². The number of carboxylic acids is 1. The molecule has 18 heavy (non-hydrogen) atoms. The largest absolute Gasteiger partial charge is 0.477 e. The van der Waals surface area contributed by atoms with Gasteiger partial charge in [-0.3, -0.25) is 0 Å². The second-order valence-corrected chi connectivity index (χ2v) is 6.14. The Morgan fingerprint density at radius 2 is 2.22 bits per heavy atom. The van der Waals surface area contributed by atoms with Crippen molar-refractivity contribution in [3.63, 3.8) is 0 Å². The number of aromatic nitrogens is 1. The van der Waals surface area contributed by atoms with E-state index >= 15 is 0 Å². The Labute approximate surface area is 116 Å². The highest BCUT2D eigenvalue weighted by Crippen LogP contribution is 2.41. The Morgan fingerprint density at radius 3 is 2.67 bits per heavy atom. The third kappa shape index (κ3) is 2.34.